The van der Waals surface area contributed by atoms with Crippen molar-refractivity contribution < 1.29 is 17.9 Å². The summed E-state index contributed by atoms with van der Waals surface area (Å²) in [5, 5.41) is 2.86. The van der Waals surface area contributed by atoms with E-state index in [1.807, 2.05) is 6.92 Å². The van der Waals surface area contributed by atoms with Crippen molar-refractivity contribution >= 4 is 15.9 Å². The molecule has 1 aromatic rings. The van der Waals surface area contributed by atoms with Crippen LogP contribution in [-0.4, -0.2) is 44.9 Å². The van der Waals surface area contributed by atoms with Gasteiger partial charge in [0.1, 0.15) is 0 Å². The van der Waals surface area contributed by atoms with E-state index in [4.69, 9.17) is 4.74 Å². The Hall–Kier alpha value is -1.44. The number of morpholine rings is 1. The van der Waals surface area contributed by atoms with E-state index in [-0.39, 0.29) is 23.3 Å². The van der Waals surface area contributed by atoms with Gasteiger partial charge in [0.15, 0.2) is 0 Å². The number of amides is 1. The van der Waals surface area contributed by atoms with Crippen LogP contribution in [0.2, 0.25) is 0 Å². The minimum atomic E-state index is -3.55. The van der Waals surface area contributed by atoms with E-state index >= 15 is 0 Å². The van der Waals surface area contributed by atoms with Crippen molar-refractivity contribution in [2.24, 2.45) is 11.8 Å². The number of nitrogens with one attached hydrogen (secondary N) is 1. The van der Waals surface area contributed by atoms with E-state index in [0.29, 0.717) is 37.8 Å². The number of nitrogens with zero attached hydrogens (tertiary/aromatic N) is 1. The van der Waals surface area contributed by atoms with Crippen LogP contribution >= 0.6 is 0 Å². The largest absolute Gasteiger partial charge is 0.379 e. The van der Waals surface area contributed by atoms with Crippen molar-refractivity contribution in [3.8, 4) is 0 Å². The first-order chi connectivity index (χ1) is 11.0. The molecule has 3 rings (SSSR count). The third-order valence-corrected chi connectivity index (χ3v) is 6.46. The number of carbonyl (C=O) groups excluding carboxylic acids is 1. The molecule has 0 spiro atoms. The minimum Gasteiger partial charge on any atom is -0.379 e. The third kappa shape index (κ3) is 3.57. The summed E-state index contributed by atoms with van der Waals surface area (Å²) in [6.07, 6.45) is 0.916. The Morgan fingerprint density at radius 1 is 1.30 bits per heavy atom. The molecule has 0 bridgehead atoms. The van der Waals surface area contributed by atoms with Crippen molar-refractivity contribution in [2.75, 3.05) is 26.3 Å². The minimum absolute atomic E-state index is 0.0103. The Labute approximate surface area is 136 Å². The van der Waals surface area contributed by atoms with E-state index in [1.165, 1.54) is 4.31 Å². The van der Waals surface area contributed by atoms with Crippen LogP contribution in [0, 0.1) is 11.8 Å². The zero-order valence-corrected chi connectivity index (χ0v) is 14.0. The first-order valence-corrected chi connectivity index (χ1v) is 9.37. The van der Waals surface area contributed by atoms with Gasteiger partial charge in [0.2, 0.25) is 15.9 Å². The summed E-state index contributed by atoms with van der Waals surface area (Å²) in [6, 6.07) is 6.86. The second-order valence-corrected chi connectivity index (χ2v) is 8.07. The van der Waals surface area contributed by atoms with Crippen molar-refractivity contribution in [1.29, 1.82) is 0 Å². The van der Waals surface area contributed by atoms with Gasteiger partial charge in [-0.05, 0) is 24.0 Å². The average Bonchev–Trinajstić information content (AvgIpc) is 3.30. The maximum atomic E-state index is 12.8. The van der Waals surface area contributed by atoms with Crippen LogP contribution in [-0.2, 0) is 26.1 Å². The van der Waals surface area contributed by atoms with E-state index in [2.05, 4.69) is 5.32 Å². The molecule has 2 atom stereocenters. The summed E-state index contributed by atoms with van der Waals surface area (Å²) in [4.78, 5) is 12.2. The van der Waals surface area contributed by atoms with Gasteiger partial charge in [-0.2, -0.15) is 4.31 Å². The molecule has 2 aliphatic rings. The van der Waals surface area contributed by atoms with Gasteiger partial charge >= 0.3 is 0 Å². The summed E-state index contributed by atoms with van der Waals surface area (Å²) in [6.45, 7) is 3.84. The highest BCUT2D eigenvalue weighted by Gasteiger charge is 2.39. The maximum Gasteiger partial charge on any atom is 0.243 e. The van der Waals surface area contributed by atoms with E-state index < -0.39 is 10.0 Å². The van der Waals surface area contributed by atoms with Crippen LogP contribution in [0.3, 0.4) is 0 Å². The molecule has 1 saturated heterocycles. The summed E-state index contributed by atoms with van der Waals surface area (Å²) in [5.74, 6) is 0.524. The Kier molecular flexibility index (Phi) is 4.70. The zero-order valence-electron chi connectivity index (χ0n) is 13.2. The molecule has 7 heteroatoms. The second-order valence-electron chi connectivity index (χ2n) is 6.16. The summed E-state index contributed by atoms with van der Waals surface area (Å²) < 4.78 is 32.3. The number of hydrogen-bond acceptors (Lipinski definition) is 4. The molecule has 1 aliphatic heterocycles. The normalized spacial score (nSPS) is 25.1. The third-order valence-electron chi connectivity index (χ3n) is 4.46. The van der Waals surface area contributed by atoms with Crippen molar-refractivity contribution in [3.05, 3.63) is 29.8 Å². The molecule has 1 heterocycles. The van der Waals surface area contributed by atoms with Crippen molar-refractivity contribution in [2.45, 2.75) is 24.8 Å². The first-order valence-electron chi connectivity index (χ1n) is 7.93. The Morgan fingerprint density at radius 2 is 1.96 bits per heavy atom. The summed E-state index contributed by atoms with van der Waals surface area (Å²) in [7, 11) is -3.55. The monoisotopic (exact) mass is 338 g/mol. The number of rotatable bonds is 5. The average molecular weight is 338 g/mol. The van der Waals surface area contributed by atoms with Crippen LogP contribution in [0.5, 0.6) is 0 Å². The molecule has 1 amide bonds. The number of hydrogen-bond donors (Lipinski definition) is 1. The van der Waals surface area contributed by atoms with E-state index in [9.17, 15) is 13.2 Å². The van der Waals surface area contributed by atoms with Crippen LogP contribution in [0.15, 0.2) is 29.2 Å². The number of sulfonamides is 1. The first kappa shape index (κ1) is 16.4. The van der Waals surface area contributed by atoms with Gasteiger partial charge in [0, 0.05) is 25.6 Å². The second kappa shape index (κ2) is 6.59. The lowest BCUT2D eigenvalue weighted by atomic mass is 10.2. The predicted molar refractivity (Wildman–Crippen MR) is 85.1 cm³/mol. The van der Waals surface area contributed by atoms with Gasteiger partial charge in [-0.25, -0.2) is 8.42 Å². The fraction of sp³-hybridized carbons (Fsp3) is 0.562. The quantitative estimate of drug-likeness (QED) is 0.868. The predicted octanol–water partition coefficient (Wildman–Crippen LogP) is 0.980. The van der Waals surface area contributed by atoms with Gasteiger partial charge in [-0.1, -0.05) is 25.1 Å². The summed E-state index contributed by atoms with van der Waals surface area (Å²) >= 11 is 0. The van der Waals surface area contributed by atoms with Gasteiger partial charge in [0.05, 0.1) is 18.1 Å². The number of ether oxygens (including phenoxy) is 1. The van der Waals surface area contributed by atoms with Gasteiger partial charge in [0.25, 0.3) is 0 Å². The lowest BCUT2D eigenvalue weighted by Crippen LogP contribution is -2.41. The Balaban J connectivity index is 1.75. The molecule has 1 aromatic carbocycles. The van der Waals surface area contributed by atoms with Crippen molar-refractivity contribution in [3.63, 3.8) is 0 Å². The summed E-state index contributed by atoms with van der Waals surface area (Å²) in [5.41, 5.74) is 0.626. The highest BCUT2D eigenvalue weighted by molar-refractivity contribution is 7.89. The molecule has 6 nitrogen and oxygen atoms in total. The Bertz CT molecular complexity index is 683. The van der Waals surface area contributed by atoms with Crippen molar-refractivity contribution in [1.82, 2.24) is 9.62 Å². The van der Waals surface area contributed by atoms with Crippen LogP contribution in [0.1, 0.15) is 18.9 Å². The molecule has 0 aromatic heterocycles. The van der Waals surface area contributed by atoms with Crippen LogP contribution in [0.25, 0.3) is 0 Å². The van der Waals surface area contributed by atoms with E-state index in [1.54, 1.807) is 24.3 Å². The van der Waals surface area contributed by atoms with E-state index in [0.717, 1.165) is 6.42 Å². The molecule has 2 fully saturated rings. The topological polar surface area (TPSA) is 75.7 Å². The lowest BCUT2D eigenvalue weighted by molar-refractivity contribution is -0.122. The smallest absolute Gasteiger partial charge is 0.243 e. The number of carbonyl (C=O) groups is 1. The number of benzene rings is 1. The fourth-order valence-electron chi connectivity index (χ4n) is 2.83. The SMILES string of the molecule is CC1CC1C(=O)NCc1ccccc1S(=O)(=O)N1CCOCC1. The van der Waals surface area contributed by atoms with Gasteiger partial charge in [-0.3, -0.25) is 4.79 Å². The van der Waals surface area contributed by atoms with Crippen LogP contribution < -0.4 is 5.32 Å². The van der Waals surface area contributed by atoms with Gasteiger partial charge in [-0.15, -0.1) is 0 Å². The molecule has 1 aliphatic carbocycles. The molecule has 1 saturated carbocycles. The highest BCUT2D eigenvalue weighted by atomic mass is 32.2. The molecule has 126 valence electrons. The zero-order chi connectivity index (χ0) is 16.4. The van der Waals surface area contributed by atoms with Gasteiger partial charge < -0.3 is 10.1 Å². The lowest BCUT2D eigenvalue weighted by Gasteiger charge is -2.27. The van der Waals surface area contributed by atoms with Crippen LogP contribution in [0.4, 0.5) is 0 Å². The highest BCUT2D eigenvalue weighted by Crippen LogP contribution is 2.37. The fourth-order valence-corrected chi connectivity index (χ4v) is 4.46. The molecule has 1 N–H and O–H groups in total. The molecular formula is C16H22N2O4S. The standard InChI is InChI=1S/C16H22N2O4S/c1-12-10-14(12)16(19)17-11-13-4-2-3-5-15(13)23(20,21)18-6-8-22-9-7-18/h2-5,12,14H,6-11H2,1H3,(H,17,19). The molecule has 0 radical (unpaired) electrons. The Morgan fingerprint density at radius 3 is 2.61 bits per heavy atom. The molecular weight excluding hydrogens is 316 g/mol. The molecule has 23 heavy (non-hydrogen) atoms. The maximum absolute atomic E-state index is 12.8. The molecule has 2 unspecified atom stereocenters.